The van der Waals surface area contributed by atoms with E-state index in [2.05, 4.69) is 22.4 Å². The SMILES string of the molecule is CCCc1nc2ccc(NC3N(N)C(=O)N([C@@H](C)CC(=O)N=O)C(=O)N3Cc3ccc(Cl)cc3)cc2s1. The van der Waals surface area contributed by atoms with Gasteiger partial charge in [-0.15, -0.1) is 16.2 Å². The number of hydrogen-bond donors (Lipinski definition) is 2. The molecule has 194 valence electrons. The Labute approximate surface area is 222 Å². The Balaban J connectivity index is 1.66. The molecule has 4 rings (SSSR count). The normalized spacial score (nSPS) is 16.9. The summed E-state index contributed by atoms with van der Waals surface area (Å²) in [7, 11) is 0. The largest absolute Gasteiger partial charge is 0.347 e. The number of carbonyl (C=O) groups excluding carboxylic acids is 3. The standard InChI is InChI=1S/C24H26ClN7O4S/c1-3-4-21-28-18-10-9-17(12-19(18)37-21)27-22-30(13-15-5-7-16(25)8-6-15)23(34)31(24(35)32(22)26)14(2)11-20(33)29-36/h5-10,12,14,22,27H,3-4,11,13,26H2,1-2H3/t14-,22?/m0/s1. The van der Waals surface area contributed by atoms with Crippen molar-refractivity contribution in [3.05, 3.63) is 63.0 Å². The Bertz CT molecular complexity index is 1330. The number of aromatic nitrogens is 1. The van der Waals surface area contributed by atoms with E-state index in [9.17, 15) is 19.3 Å². The van der Waals surface area contributed by atoms with E-state index in [1.807, 2.05) is 18.2 Å². The minimum absolute atomic E-state index is 0.0845. The fourth-order valence-electron chi connectivity index (χ4n) is 4.08. The number of anilines is 1. The number of rotatable bonds is 9. The van der Waals surface area contributed by atoms with Crippen LogP contribution in [0.1, 0.15) is 37.3 Å². The molecule has 0 saturated carbocycles. The van der Waals surface area contributed by atoms with E-state index in [0.29, 0.717) is 10.7 Å². The summed E-state index contributed by atoms with van der Waals surface area (Å²) in [4.78, 5) is 55.9. The van der Waals surface area contributed by atoms with Crippen molar-refractivity contribution in [2.45, 2.75) is 52.0 Å². The van der Waals surface area contributed by atoms with Crippen molar-refractivity contribution in [3.8, 4) is 0 Å². The number of halogens is 1. The van der Waals surface area contributed by atoms with Crippen molar-refractivity contribution in [1.82, 2.24) is 19.8 Å². The van der Waals surface area contributed by atoms with E-state index < -0.39 is 36.7 Å². The van der Waals surface area contributed by atoms with Gasteiger partial charge in [0.2, 0.25) is 6.29 Å². The third-order valence-corrected chi connectivity index (χ3v) is 7.24. The van der Waals surface area contributed by atoms with Crippen LogP contribution in [0.15, 0.2) is 47.6 Å². The molecular formula is C24H26ClN7O4S. The molecule has 3 N–H and O–H groups in total. The molecule has 1 saturated heterocycles. The summed E-state index contributed by atoms with van der Waals surface area (Å²) in [5.74, 6) is 5.26. The van der Waals surface area contributed by atoms with E-state index in [1.165, 1.54) is 11.8 Å². The van der Waals surface area contributed by atoms with Gasteiger partial charge in [0.05, 0.1) is 28.2 Å². The highest BCUT2D eigenvalue weighted by atomic mass is 35.5. The van der Waals surface area contributed by atoms with Gasteiger partial charge in [0, 0.05) is 21.9 Å². The first-order valence-electron chi connectivity index (χ1n) is 11.7. The van der Waals surface area contributed by atoms with Crippen molar-refractivity contribution < 1.29 is 14.4 Å². The molecule has 3 aromatic rings. The highest BCUT2D eigenvalue weighted by Crippen LogP contribution is 2.29. The number of amides is 5. The molecule has 0 bridgehead atoms. The van der Waals surface area contributed by atoms with Crippen LogP contribution >= 0.6 is 22.9 Å². The summed E-state index contributed by atoms with van der Waals surface area (Å²) in [6.07, 6.45) is 0.418. The van der Waals surface area contributed by atoms with Gasteiger partial charge < -0.3 is 5.32 Å². The number of nitroso groups, excluding NO2 is 1. The first-order valence-corrected chi connectivity index (χ1v) is 12.9. The lowest BCUT2D eigenvalue weighted by molar-refractivity contribution is -0.118. The average molecular weight is 544 g/mol. The first-order chi connectivity index (χ1) is 17.7. The van der Waals surface area contributed by atoms with E-state index in [1.54, 1.807) is 35.6 Å². The number of nitrogens with one attached hydrogen (secondary N) is 1. The number of carbonyl (C=O) groups is 3. The molecule has 1 aromatic heterocycles. The zero-order chi connectivity index (χ0) is 26.7. The van der Waals surface area contributed by atoms with Crippen LogP contribution in [0.3, 0.4) is 0 Å². The molecule has 1 aliphatic rings. The van der Waals surface area contributed by atoms with Gasteiger partial charge in [-0.2, -0.15) is 0 Å². The number of thiazole rings is 1. The van der Waals surface area contributed by atoms with Gasteiger partial charge in [0.25, 0.3) is 5.91 Å². The first kappa shape index (κ1) is 26.5. The Morgan fingerprint density at radius 2 is 1.95 bits per heavy atom. The zero-order valence-electron chi connectivity index (χ0n) is 20.3. The fourth-order valence-corrected chi connectivity index (χ4v) is 5.32. The minimum Gasteiger partial charge on any atom is -0.347 e. The van der Waals surface area contributed by atoms with E-state index >= 15 is 0 Å². The third kappa shape index (κ3) is 5.71. The topological polar surface area (TPSA) is 141 Å². The molecule has 1 aliphatic heterocycles. The molecule has 0 radical (unpaired) electrons. The number of nitrogens with two attached hydrogens (primary N) is 1. The molecule has 2 atom stereocenters. The molecule has 1 fully saturated rings. The molecule has 13 heteroatoms. The van der Waals surface area contributed by atoms with E-state index in [0.717, 1.165) is 43.5 Å². The number of nitrogens with zero attached hydrogens (tertiary/aromatic N) is 5. The Kier molecular flexibility index (Phi) is 8.00. The molecule has 11 nitrogen and oxygen atoms in total. The van der Waals surface area contributed by atoms with Crippen LogP contribution in [-0.2, 0) is 17.8 Å². The second-order valence-corrected chi connectivity index (χ2v) is 10.2. The lowest BCUT2D eigenvalue weighted by Gasteiger charge is -2.46. The average Bonchev–Trinajstić information content (AvgIpc) is 3.27. The number of urea groups is 2. The third-order valence-electron chi connectivity index (χ3n) is 5.91. The number of fused-ring (bicyclic) bond motifs is 1. The van der Waals surface area contributed by atoms with Gasteiger partial charge in [0.1, 0.15) is 0 Å². The lowest BCUT2D eigenvalue weighted by atomic mass is 10.1. The van der Waals surface area contributed by atoms with Crippen molar-refractivity contribution in [2.75, 3.05) is 5.32 Å². The summed E-state index contributed by atoms with van der Waals surface area (Å²) in [5, 5.41) is 8.03. The van der Waals surface area contributed by atoms with Gasteiger partial charge in [-0.05, 0) is 55.7 Å². The Hall–Kier alpha value is -3.61. The maximum atomic E-state index is 13.6. The van der Waals surface area contributed by atoms with Crippen LogP contribution in [-0.4, -0.2) is 50.1 Å². The highest BCUT2D eigenvalue weighted by Gasteiger charge is 2.45. The van der Waals surface area contributed by atoms with Gasteiger partial charge in [0.15, 0.2) is 0 Å². The van der Waals surface area contributed by atoms with E-state index in [-0.39, 0.29) is 6.54 Å². The van der Waals surface area contributed by atoms with Crippen molar-refractivity contribution in [1.29, 1.82) is 0 Å². The van der Waals surface area contributed by atoms with Crippen LogP contribution in [0.5, 0.6) is 0 Å². The van der Waals surface area contributed by atoms with Gasteiger partial charge in [-0.1, -0.05) is 30.7 Å². The van der Waals surface area contributed by atoms with Crippen molar-refractivity contribution in [3.63, 3.8) is 0 Å². The highest BCUT2D eigenvalue weighted by molar-refractivity contribution is 7.18. The Morgan fingerprint density at radius 3 is 2.62 bits per heavy atom. The van der Waals surface area contributed by atoms with Gasteiger partial charge >= 0.3 is 12.1 Å². The molecule has 5 amide bonds. The van der Waals surface area contributed by atoms with Gasteiger partial charge in [-0.25, -0.2) is 30.3 Å². The number of benzene rings is 2. The van der Waals surface area contributed by atoms with Crippen LogP contribution in [0.4, 0.5) is 15.3 Å². The molecule has 2 heterocycles. The molecule has 1 unspecified atom stereocenters. The number of aryl methyl sites for hydroxylation is 1. The van der Waals surface area contributed by atoms with Crippen LogP contribution < -0.4 is 11.2 Å². The lowest BCUT2D eigenvalue weighted by Crippen LogP contribution is -2.71. The summed E-state index contributed by atoms with van der Waals surface area (Å²) in [6.45, 7) is 3.66. The molecular weight excluding hydrogens is 518 g/mol. The number of imide groups is 1. The second kappa shape index (κ2) is 11.2. The molecule has 2 aromatic carbocycles. The van der Waals surface area contributed by atoms with Crippen LogP contribution in [0.25, 0.3) is 10.2 Å². The summed E-state index contributed by atoms with van der Waals surface area (Å²) in [5.41, 5.74) is 2.25. The number of hydrogen-bond acceptors (Lipinski definition) is 8. The summed E-state index contributed by atoms with van der Waals surface area (Å²) in [6, 6.07) is 10.1. The smallest absolute Gasteiger partial charge is 0.345 e. The van der Waals surface area contributed by atoms with Crippen molar-refractivity contribution in [2.24, 2.45) is 11.0 Å². The molecule has 37 heavy (non-hydrogen) atoms. The second-order valence-electron chi connectivity index (χ2n) is 8.69. The van der Waals surface area contributed by atoms with Crippen LogP contribution in [0, 0.1) is 4.91 Å². The summed E-state index contributed by atoms with van der Waals surface area (Å²) >= 11 is 7.60. The minimum atomic E-state index is -1.04. The zero-order valence-corrected chi connectivity index (χ0v) is 21.8. The molecule has 0 spiro atoms. The van der Waals surface area contributed by atoms with E-state index in [4.69, 9.17) is 17.4 Å². The maximum absolute atomic E-state index is 13.6. The summed E-state index contributed by atoms with van der Waals surface area (Å²) < 4.78 is 0.963. The van der Waals surface area contributed by atoms with Gasteiger partial charge in [-0.3, -0.25) is 9.69 Å². The monoisotopic (exact) mass is 543 g/mol. The Morgan fingerprint density at radius 1 is 1.22 bits per heavy atom. The fraction of sp³-hybridized carbons (Fsp3) is 0.333. The van der Waals surface area contributed by atoms with Crippen LogP contribution in [0.2, 0.25) is 5.02 Å². The van der Waals surface area contributed by atoms with Crippen molar-refractivity contribution >= 4 is 56.8 Å². The predicted octanol–water partition coefficient (Wildman–Crippen LogP) is 4.90. The predicted molar refractivity (Wildman–Crippen MR) is 142 cm³/mol. The molecule has 0 aliphatic carbocycles. The maximum Gasteiger partial charge on any atom is 0.345 e. The number of hydrazine groups is 1. The quantitative estimate of drug-likeness (QED) is 0.222.